The van der Waals surface area contributed by atoms with Crippen LogP contribution in [0, 0.1) is 13.8 Å². The molecule has 4 aromatic rings. The van der Waals surface area contributed by atoms with Gasteiger partial charge in [0, 0.05) is 41.0 Å². The van der Waals surface area contributed by atoms with Crippen molar-refractivity contribution in [2.45, 2.75) is 33.6 Å². The zero-order valence-corrected chi connectivity index (χ0v) is 15.1. The average molecular weight is 349 g/mol. The van der Waals surface area contributed by atoms with E-state index in [1.807, 2.05) is 33.9 Å². The van der Waals surface area contributed by atoms with Crippen molar-refractivity contribution in [3.8, 4) is 17.1 Å². The molecule has 4 aromatic heterocycles. The highest BCUT2D eigenvalue weighted by molar-refractivity contribution is 5.76. The monoisotopic (exact) mass is 349 g/mol. The molecule has 1 N–H and O–H groups in total. The molecule has 0 aliphatic heterocycles. The summed E-state index contributed by atoms with van der Waals surface area (Å²) in [5.74, 6) is 0.613. The third-order valence-electron chi connectivity index (χ3n) is 4.35. The number of H-pyrrole nitrogens is 1. The quantitative estimate of drug-likeness (QED) is 0.613. The highest BCUT2D eigenvalue weighted by Crippen LogP contribution is 2.24. The molecule has 0 spiro atoms. The Morgan fingerprint density at radius 3 is 2.46 bits per heavy atom. The van der Waals surface area contributed by atoms with Gasteiger partial charge in [0.2, 0.25) is 5.95 Å². The van der Waals surface area contributed by atoms with Crippen molar-refractivity contribution in [2.75, 3.05) is 0 Å². The molecule has 4 heterocycles. The predicted molar refractivity (Wildman–Crippen MR) is 97.5 cm³/mol. The fraction of sp³-hybridized carbons (Fsp3) is 0.278. The van der Waals surface area contributed by atoms with Gasteiger partial charge in [0.25, 0.3) is 5.56 Å². The first-order valence-corrected chi connectivity index (χ1v) is 8.40. The smallest absolute Gasteiger partial charge is 0.278 e. The van der Waals surface area contributed by atoms with Crippen molar-refractivity contribution in [3.63, 3.8) is 0 Å². The van der Waals surface area contributed by atoms with Crippen molar-refractivity contribution in [1.29, 1.82) is 0 Å². The standard InChI is InChI=1S/C18H19N7O/c1-10(2)15-12(4)23-16-14(8-22-25(16)17(15)26)13-7-21-24(9-13)18-19-5-11(3)6-20-18/h5-10,23H,1-4H3. The van der Waals surface area contributed by atoms with E-state index in [9.17, 15) is 4.79 Å². The second-order valence-electron chi connectivity index (χ2n) is 6.68. The van der Waals surface area contributed by atoms with E-state index in [0.717, 1.165) is 27.9 Å². The molecule has 26 heavy (non-hydrogen) atoms. The van der Waals surface area contributed by atoms with Gasteiger partial charge in [-0.1, -0.05) is 13.8 Å². The number of aromatic nitrogens is 7. The van der Waals surface area contributed by atoms with Gasteiger partial charge in [-0.05, 0) is 25.3 Å². The average Bonchev–Trinajstić information content (AvgIpc) is 3.22. The summed E-state index contributed by atoms with van der Waals surface area (Å²) in [5.41, 5.74) is 4.78. The molecule has 0 aromatic carbocycles. The molecule has 0 fully saturated rings. The maximum atomic E-state index is 12.7. The van der Waals surface area contributed by atoms with E-state index >= 15 is 0 Å². The van der Waals surface area contributed by atoms with Gasteiger partial charge in [0.05, 0.1) is 12.4 Å². The van der Waals surface area contributed by atoms with E-state index in [4.69, 9.17) is 0 Å². The zero-order valence-electron chi connectivity index (χ0n) is 15.1. The van der Waals surface area contributed by atoms with Crippen LogP contribution in [-0.2, 0) is 0 Å². The van der Waals surface area contributed by atoms with Crippen LogP contribution in [0.4, 0.5) is 0 Å². The normalized spacial score (nSPS) is 11.6. The van der Waals surface area contributed by atoms with Crippen LogP contribution in [0.15, 0.2) is 35.8 Å². The fourth-order valence-electron chi connectivity index (χ4n) is 3.11. The van der Waals surface area contributed by atoms with Crippen LogP contribution < -0.4 is 5.56 Å². The van der Waals surface area contributed by atoms with Crippen LogP contribution in [0.1, 0.15) is 36.6 Å². The number of hydrogen-bond acceptors (Lipinski definition) is 5. The maximum Gasteiger partial charge on any atom is 0.278 e. The summed E-state index contributed by atoms with van der Waals surface area (Å²) in [6.07, 6.45) is 8.70. The number of nitrogens with one attached hydrogen (secondary N) is 1. The molecule has 132 valence electrons. The third kappa shape index (κ3) is 2.50. The van der Waals surface area contributed by atoms with Crippen molar-refractivity contribution in [3.05, 3.63) is 58.2 Å². The molecule has 0 aliphatic rings. The van der Waals surface area contributed by atoms with Crippen LogP contribution in [0.25, 0.3) is 22.7 Å². The summed E-state index contributed by atoms with van der Waals surface area (Å²) < 4.78 is 3.02. The van der Waals surface area contributed by atoms with Crippen LogP contribution >= 0.6 is 0 Å². The minimum Gasteiger partial charge on any atom is -0.343 e. The second-order valence-corrected chi connectivity index (χ2v) is 6.68. The number of nitrogens with zero attached hydrogens (tertiary/aromatic N) is 6. The Morgan fingerprint density at radius 1 is 1.04 bits per heavy atom. The van der Waals surface area contributed by atoms with Crippen LogP contribution in [0.2, 0.25) is 0 Å². The van der Waals surface area contributed by atoms with Gasteiger partial charge in [-0.2, -0.15) is 14.7 Å². The summed E-state index contributed by atoms with van der Waals surface area (Å²) >= 11 is 0. The fourth-order valence-corrected chi connectivity index (χ4v) is 3.11. The number of hydrogen-bond donors (Lipinski definition) is 1. The highest BCUT2D eigenvalue weighted by Gasteiger charge is 2.17. The second kappa shape index (κ2) is 5.91. The highest BCUT2D eigenvalue weighted by atomic mass is 16.1. The first kappa shape index (κ1) is 16.2. The van der Waals surface area contributed by atoms with E-state index in [-0.39, 0.29) is 11.5 Å². The van der Waals surface area contributed by atoms with Gasteiger partial charge in [-0.25, -0.2) is 14.6 Å². The lowest BCUT2D eigenvalue weighted by molar-refractivity contribution is 0.780. The number of fused-ring (bicyclic) bond motifs is 1. The van der Waals surface area contributed by atoms with Gasteiger partial charge < -0.3 is 4.98 Å². The molecule has 0 atom stereocenters. The molecule has 0 unspecified atom stereocenters. The number of aryl methyl sites for hydroxylation is 2. The summed E-state index contributed by atoms with van der Waals surface area (Å²) in [6, 6.07) is 0. The number of aromatic amines is 1. The van der Waals surface area contributed by atoms with Gasteiger partial charge in [0.15, 0.2) is 0 Å². The van der Waals surface area contributed by atoms with E-state index in [1.165, 1.54) is 4.52 Å². The Kier molecular flexibility index (Phi) is 3.68. The summed E-state index contributed by atoms with van der Waals surface area (Å²) in [5, 5.41) is 8.61. The van der Waals surface area contributed by atoms with E-state index in [2.05, 4.69) is 25.1 Å². The predicted octanol–water partition coefficient (Wildman–Crippen LogP) is 2.41. The molecule has 0 saturated heterocycles. The Morgan fingerprint density at radius 2 is 1.77 bits per heavy atom. The van der Waals surface area contributed by atoms with Gasteiger partial charge in [-0.15, -0.1) is 0 Å². The zero-order chi connectivity index (χ0) is 18.4. The minimum absolute atomic E-state index is 0.0910. The molecule has 4 rings (SSSR count). The van der Waals surface area contributed by atoms with Crippen molar-refractivity contribution >= 4 is 5.65 Å². The Labute approximate surface area is 149 Å². The molecular weight excluding hydrogens is 330 g/mol. The molecule has 8 nitrogen and oxygen atoms in total. The molecular formula is C18H19N7O. The van der Waals surface area contributed by atoms with Crippen molar-refractivity contribution in [2.24, 2.45) is 0 Å². The Balaban J connectivity index is 1.83. The first-order valence-electron chi connectivity index (χ1n) is 8.40. The van der Waals surface area contributed by atoms with Crippen molar-refractivity contribution < 1.29 is 0 Å². The largest absolute Gasteiger partial charge is 0.343 e. The summed E-state index contributed by atoms with van der Waals surface area (Å²) in [6.45, 7) is 7.84. The summed E-state index contributed by atoms with van der Waals surface area (Å²) in [7, 11) is 0. The molecule has 0 bridgehead atoms. The Hall–Kier alpha value is -3.29. The van der Waals surface area contributed by atoms with E-state index in [1.54, 1.807) is 29.5 Å². The number of rotatable bonds is 3. The minimum atomic E-state index is -0.0910. The molecule has 0 radical (unpaired) electrons. The Bertz CT molecular complexity index is 1150. The van der Waals surface area contributed by atoms with E-state index in [0.29, 0.717) is 11.6 Å². The molecule has 0 saturated carbocycles. The maximum absolute atomic E-state index is 12.7. The van der Waals surface area contributed by atoms with E-state index < -0.39 is 0 Å². The lowest BCUT2D eigenvalue weighted by Gasteiger charge is -2.09. The van der Waals surface area contributed by atoms with Crippen LogP contribution in [0.3, 0.4) is 0 Å². The third-order valence-corrected chi connectivity index (χ3v) is 4.35. The van der Waals surface area contributed by atoms with Crippen LogP contribution in [0.5, 0.6) is 0 Å². The molecule has 0 amide bonds. The molecule has 8 heteroatoms. The summed E-state index contributed by atoms with van der Waals surface area (Å²) in [4.78, 5) is 24.6. The first-order chi connectivity index (χ1) is 12.5. The SMILES string of the molecule is Cc1cnc(-n2cc(-c3cnn4c(=O)c(C(C)C)c(C)[nH]c34)cn2)nc1. The van der Waals surface area contributed by atoms with Gasteiger partial charge >= 0.3 is 0 Å². The van der Waals surface area contributed by atoms with Crippen molar-refractivity contribution in [1.82, 2.24) is 34.3 Å². The lowest BCUT2D eigenvalue weighted by Crippen LogP contribution is -2.22. The lowest BCUT2D eigenvalue weighted by atomic mass is 10.0. The molecule has 0 aliphatic carbocycles. The van der Waals surface area contributed by atoms with Gasteiger partial charge in [0.1, 0.15) is 5.65 Å². The topological polar surface area (TPSA) is 93.8 Å². The van der Waals surface area contributed by atoms with Crippen LogP contribution in [-0.4, -0.2) is 34.3 Å². The van der Waals surface area contributed by atoms with Gasteiger partial charge in [-0.3, -0.25) is 4.79 Å².